The molecule has 1 saturated heterocycles. The maximum Gasteiger partial charge on any atom is 0.338 e. The molecule has 0 saturated carbocycles. The number of carbonyl (C=O) groups excluding carboxylic acids is 1. The summed E-state index contributed by atoms with van der Waals surface area (Å²) in [6.45, 7) is -0.498. The van der Waals surface area contributed by atoms with Gasteiger partial charge in [-0.05, 0) is 25.0 Å². The molecule has 0 aliphatic carbocycles. The first-order valence-corrected chi connectivity index (χ1v) is 13.6. The van der Waals surface area contributed by atoms with Crippen LogP contribution in [0.15, 0.2) is 46.0 Å². The summed E-state index contributed by atoms with van der Waals surface area (Å²) < 4.78 is 34.2. The molecule has 8 nitrogen and oxygen atoms in total. The predicted molar refractivity (Wildman–Crippen MR) is 141 cm³/mol. The van der Waals surface area contributed by atoms with E-state index in [1.807, 2.05) is 0 Å². The quantitative estimate of drug-likeness (QED) is 0.286. The minimum absolute atomic E-state index is 0.00424. The molecule has 2 aromatic rings. The fourth-order valence-electron chi connectivity index (χ4n) is 4.76. The van der Waals surface area contributed by atoms with Gasteiger partial charge >= 0.3 is 11.9 Å². The zero-order chi connectivity index (χ0) is 27.4. The second-order valence-corrected chi connectivity index (χ2v) is 10.9. The maximum atomic E-state index is 14.6. The normalized spacial score (nSPS) is 21.2. The summed E-state index contributed by atoms with van der Waals surface area (Å²) in [7, 11) is 1.24. The number of halogens is 4. The summed E-state index contributed by atoms with van der Waals surface area (Å²) in [5.41, 5.74) is 1.01. The Kier molecular flexibility index (Phi) is 9.02. The lowest BCUT2D eigenvalue weighted by molar-refractivity contribution is -0.137. The lowest BCUT2D eigenvalue weighted by Gasteiger charge is -2.31. The lowest BCUT2D eigenvalue weighted by atomic mass is 9.95. The molecule has 0 unspecified atom stereocenters. The van der Waals surface area contributed by atoms with Gasteiger partial charge in [0, 0.05) is 58.3 Å². The summed E-state index contributed by atoms with van der Waals surface area (Å²) in [5, 5.41) is 15.1. The third-order valence-corrected chi connectivity index (χ3v) is 7.79. The molecule has 0 radical (unpaired) electrons. The van der Waals surface area contributed by atoms with E-state index in [-0.39, 0.29) is 30.0 Å². The van der Waals surface area contributed by atoms with Crippen LogP contribution >= 0.6 is 34.5 Å². The van der Waals surface area contributed by atoms with Crippen LogP contribution in [0.1, 0.15) is 48.7 Å². The first-order chi connectivity index (χ1) is 18.1. The molecular formula is C25H26Cl2F2N4O4S. The van der Waals surface area contributed by atoms with Gasteiger partial charge in [0.1, 0.15) is 6.04 Å². The van der Waals surface area contributed by atoms with Crippen molar-refractivity contribution in [1.82, 2.24) is 15.2 Å². The highest BCUT2D eigenvalue weighted by atomic mass is 35.5. The van der Waals surface area contributed by atoms with Gasteiger partial charge in [-0.25, -0.2) is 18.6 Å². The SMILES string of the molecule is COC(=O)C1=C(CN2CC(F)(F)C[C@H]2CCCCC(=O)O)NC(c2nccs2)=N[C@H]1c1ccc(Cl)cc1Cl. The van der Waals surface area contributed by atoms with Gasteiger partial charge in [-0.3, -0.25) is 14.7 Å². The summed E-state index contributed by atoms with van der Waals surface area (Å²) in [6, 6.07) is 3.46. The smallest absolute Gasteiger partial charge is 0.338 e. The molecule has 1 aromatic heterocycles. The van der Waals surface area contributed by atoms with E-state index in [1.54, 1.807) is 34.7 Å². The number of likely N-dealkylation sites (tertiary alicyclic amines) is 1. The van der Waals surface area contributed by atoms with E-state index in [0.717, 1.165) is 0 Å². The fourth-order valence-corrected chi connectivity index (χ4v) is 5.86. The number of hydrogen-bond donors (Lipinski definition) is 2. The van der Waals surface area contributed by atoms with Crippen LogP contribution in [0.25, 0.3) is 0 Å². The topological polar surface area (TPSA) is 104 Å². The number of hydrogen-bond acceptors (Lipinski definition) is 8. The zero-order valence-electron chi connectivity index (χ0n) is 20.4. The van der Waals surface area contributed by atoms with Crippen LogP contribution < -0.4 is 5.32 Å². The average molecular weight is 587 g/mol. The Morgan fingerprint density at radius 1 is 1.32 bits per heavy atom. The van der Waals surface area contributed by atoms with Crippen molar-refractivity contribution < 1.29 is 28.2 Å². The molecule has 0 amide bonds. The number of aromatic nitrogens is 1. The third-order valence-electron chi connectivity index (χ3n) is 6.45. The molecular weight excluding hydrogens is 561 g/mol. The molecule has 1 fully saturated rings. The maximum absolute atomic E-state index is 14.6. The van der Waals surface area contributed by atoms with Crippen molar-refractivity contribution >= 4 is 52.3 Å². The van der Waals surface area contributed by atoms with Crippen molar-refractivity contribution in [3.05, 3.63) is 61.7 Å². The minimum atomic E-state index is -2.91. The van der Waals surface area contributed by atoms with E-state index in [9.17, 15) is 18.4 Å². The van der Waals surface area contributed by atoms with Crippen LogP contribution in [0.4, 0.5) is 8.78 Å². The van der Waals surface area contributed by atoms with E-state index in [4.69, 9.17) is 38.0 Å². The number of nitrogens with one attached hydrogen (secondary N) is 1. The number of esters is 1. The van der Waals surface area contributed by atoms with E-state index < -0.39 is 36.5 Å². The number of carboxylic acids is 1. The van der Waals surface area contributed by atoms with E-state index in [0.29, 0.717) is 46.4 Å². The molecule has 38 heavy (non-hydrogen) atoms. The van der Waals surface area contributed by atoms with Crippen molar-refractivity contribution in [3.63, 3.8) is 0 Å². The highest BCUT2D eigenvalue weighted by Crippen LogP contribution is 2.39. The molecule has 4 rings (SSSR count). The fraction of sp³-hybridized carbons (Fsp3) is 0.440. The Bertz CT molecular complexity index is 1260. The Balaban J connectivity index is 1.71. The molecule has 0 bridgehead atoms. The van der Waals surface area contributed by atoms with Crippen LogP contribution in [0.5, 0.6) is 0 Å². The Morgan fingerprint density at radius 2 is 2.11 bits per heavy atom. The van der Waals surface area contributed by atoms with E-state index >= 15 is 0 Å². The van der Waals surface area contributed by atoms with Gasteiger partial charge in [0.2, 0.25) is 0 Å². The largest absolute Gasteiger partial charge is 0.481 e. The highest BCUT2D eigenvalue weighted by molar-refractivity contribution is 7.11. The number of nitrogens with zero attached hydrogens (tertiary/aromatic N) is 3. The molecule has 0 spiro atoms. The minimum Gasteiger partial charge on any atom is -0.481 e. The number of benzene rings is 1. The van der Waals surface area contributed by atoms with Crippen LogP contribution in [-0.4, -0.2) is 64.9 Å². The van der Waals surface area contributed by atoms with Crippen molar-refractivity contribution in [2.45, 2.75) is 50.1 Å². The molecule has 2 aliphatic heterocycles. The number of carbonyl (C=O) groups is 2. The van der Waals surface area contributed by atoms with Crippen LogP contribution in [-0.2, 0) is 14.3 Å². The molecule has 2 atom stereocenters. The number of alkyl halides is 2. The molecule has 1 aromatic carbocycles. The number of aliphatic imine (C=N–C) groups is 1. The number of carboxylic acid groups (broad SMARTS) is 1. The molecule has 3 heterocycles. The average Bonchev–Trinajstić information content (AvgIpc) is 3.48. The van der Waals surface area contributed by atoms with Gasteiger partial charge in [0.15, 0.2) is 10.8 Å². The van der Waals surface area contributed by atoms with Gasteiger partial charge in [0.05, 0.1) is 19.2 Å². The lowest BCUT2D eigenvalue weighted by Crippen LogP contribution is -2.41. The molecule has 2 N–H and O–H groups in total. The third kappa shape index (κ3) is 6.69. The highest BCUT2D eigenvalue weighted by Gasteiger charge is 2.45. The summed E-state index contributed by atoms with van der Waals surface area (Å²) >= 11 is 13.9. The number of unbranched alkanes of at least 4 members (excludes halogenated alkanes) is 1. The molecule has 204 valence electrons. The Labute approximate surface area is 232 Å². The van der Waals surface area contributed by atoms with Crippen molar-refractivity contribution in [2.75, 3.05) is 20.2 Å². The van der Waals surface area contributed by atoms with Gasteiger partial charge in [-0.15, -0.1) is 11.3 Å². The van der Waals surface area contributed by atoms with Crippen LogP contribution in [0, 0.1) is 0 Å². The second kappa shape index (κ2) is 12.1. The summed E-state index contributed by atoms with van der Waals surface area (Å²) in [6.07, 6.45) is 2.55. The van der Waals surface area contributed by atoms with Crippen molar-refractivity contribution in [2.24, 2.45) is 4.99 Å². The standard InChI is InChI=1S/C25H26Cl2F2N4O4S/c1-37-24(36)20-18(12-33-13-25(28,29)11-15(33)4-2-3-5-19(34)35)31-22(23-30-8-9-38-23)32-21(20)16-7-6-14(26)10-17(16)27/h6-10,15,21H,2-5,11-13H2,1H3,(H,31,32)(H,34,35)/t15-,21+/m1/s1. The van der Waals surface area contributed by atoms with E-state index in [1.165, 1.54) is 18.4 Å². The van der Waals surface area contributed by atoms with Crippen LogP contribution in [0.2, 0.25) is 10.0 Å². The Hall–Kier alpha value is -2.60. The second-order valence-electron chi connectivity index (χ2n) is 9.15. The van der Waals surface area contributed by atoms with E-state index in [2.05, 4.69) is 10.3 Å². The number of rotatable bonds is 10. The first-order valence-electron chi connectivity index (χ1n) is 11.9. The number of aliphatic carboxylic acids is 1. The van der Waals surface area contributed by atoms with Crippen molar-refractivity contribution in [1.29, 1.82) is 0 Å². The van der Waals surface area contributed by atoms with Gasteiger partial charge in [-0.2, -0.15) is 0 Å². The predicted octanol–water partition coefficient (Wildman–Crippen LogP) is 5.32. The van der Waals surface area contributed by atoms with Gasteiger partial charge in [-0.1, -0.05) is 35.7 Å². The van der Waals surface area contributed by atoms with Crippen LogP contribution in [0.3, 0.4) is 0 Å². The number of amidine groups is 1. The van der Waals surface area contributed by atoms with Gasteiger partial charge in [0.25, 0.3) is 5.92 Å². The molecule has 2 aliphatic rings. The first kappa shape index (κ1) is 28.4. The Morgan fingerprint density at radius 3 is 2.76 bits per heavy atom. The summed E-state index contributed by atoms with van der Waals surface area (Å²) in [4.78, 5) is 34.6. The zero-order valence-corrected chi connectivity index (χ0v) is 22.8. The number of methoxy groups -OCH3 is 1. The van der Waals surface area contributed by atoms with Gasteiger partial charge < -0.3 is 15.2 Å². The number of thiazole rings is 1. The monoisotopic (exact) mass is 586 g/mol. The number of ether oxygens (including phenoxy) is 1. The molecule has 13 heteroatoms. The van der Waals surface area contributed by atoms with Crippen molar-refractivity contribution in [3.8, 4) is 0 Å². The summed E-state index contributed by atoms with van der Waals surface area (Å²) in [5.74, 6) is -4.13.